The normalized spacial score (nSPS) is 13.5. The highest BCUT2D eigenvalue weighted by Crippen LogP contribution is 2.22. The summed E-state index contributed by atoms with van der Waals surface area (Å²) >= 11 is 0. The highest BCUT2D eigenvalue weighted by Gasteiger charge is 2.22. The fourth-order valence-corrected chi connectivity index (χ4v) is 3.03. The third kappa shape index (κ3) is 5.19. The van der Waals surface area contributed by atoms with Gasteiger partial charge >= 0.3 is 5.97 Å². The molecule has 0 spiro atoms. The number of esters is 1. The van der Waals surface area contributed by atoms with E-state index in [4.69, 9.17) is 9.47 Å². The van der Waals surface area contributed by atoms with E-state index in [0.717, 1.165) is 12.0 Å². The Morgan fingerprint density at radius 3 is 2.68 bits per heavy atom. The molecule has 1 aliphatic heterocycles. The molecule has 1 fully saturated rings. The monoisotopic (exact) mass is 381 g/mol. The molecule has 3 rings (SSSR count). The number of hydrogen-bond acceptors (Lipinski definition) is 5. The van der Waals surface area contributed by atoms with Crippen LogP contribution in [0.1, 0.15) is 35.2 Å². The number of hydrogen-bond donors (Lipinski definition) is 0. The third-order valence-corrected chi connectivity index (χ3v) is 4.48. The zero-order valence-electron chi connectivity index (χ0n) is 15.8. The molecule has 6 heteroatoms. The van der Waals surface area contributed by atoms with Gasteiger partial charge in [-0.1, -0.05) is 24.3 Å². The Morgan fingerprint density at radius 1 is 1.11 bits per heavy atom. The molecule has 6 nitrogen and oxygen atoms in total. The molecular weight excluding hydrogens is 358 g/mol. The smallest absolute Gasteiger partial charge is 0.309 e. The Kier molecular flexibility index (Phi) is 6.42. The highest BCUT2D eigenvalue weighted by molar-refractivity contribution is 6.01. The summed E-state index contributed by atoms with van der Waals surface area (Å²) in [5, 5.41) is 0. The minimum Gasteiger partial charge on any atom is -0.493 e. The molecule has 0 aliphatic carbocycles. The van der Waals surface area contributed by atoms with Gasteiger partial charge in [-0.05, 0) is 43.2 Å². The third-order valence-electron chi connectivity index (χ3n) is 4.48. The Bertz CT molecular complexity index is 877. The summed E-state index contributed by atoms with van der Waals surface area (Å²) in [4.78, 5) is 37.7. The average molecular weight is 381 g/mol. The van der Waals surface area contributed by atoms with Crippen molar-refractivity contribution in [2.75, 3.05) is 24.7 Å². The van der Waals surface area contributed by atoms with E-state index < -0.39 is 5.97 Å². The number of carbonyl (C=O) groups is 3. The SMILES string of the molecule is Cc1cccc(OCCC(=O)OCC(=O)c2cccc(N3CCCC3=O)c2)c1. The lowest BCUT2D eigenvalue weighted by Crippen LogP contribution is -2.24. The van der Waals surface area contributed by atoms with Gasteiger partial charge in [-0.3, -0.25) is 14.4 Å². The molecule has 1 aliphatic rings. The fraction of sp³-hybridized carbons (Fsp3) is 0.318. The Balaban J connectivity index is 1.46. The quantitative estimate of drug-likeness (QED) is 0.518. The van der Waals surface area contributed by atoms with Gasteiger partial charge in [0.05, 0.1) is 13.0 Å². The zero-order chi connectivity index (χ0) is 19.9. The summed E-state index contributed by atoms with van der Waals surface area (Å²) in [7, 11) is 0. The van der Waals surface area contributed by atoms with E-state index >= 15 is 0 Å². The van der Waals surface area contributed by atoms with Gasteiger partial charge in [0.1, 0.15) is 5.75 Å². The molecule has 0 saturated carbocycles. The number of amides is 1. The lowest BCUT2D eigenvalue weighted by atomic mass is 10.1. The van der Waals surface area contributed by atoms with Gasteiger partial charge in [-0.2, -0.15) is 0 Å². The number of ketones is 1. The van der Waals surface area contributed by atoms with Crippen LogP contribution >= 0.6 is 0 Å². The Labute approximate surface area is 164 Å². The molecule has 0 N–H and O–H groups in total. The highest BCUT2D eigenvalue weighted by atomic mass is 16.5. The molecular formula is C22H23NO5. The van der Waals surface area contributed by atoms with Crippen molar-refractivity contribution in [2.45, 2.75) is 26.2 Å². The van der Waals surface area contributed by atoms with Gasteiger partial charge in [0.2, 0.25) is 5.91 Å². The number of ether oxygens (including phenoxy) is 2. The second-order valence-electron chi connectivity index (χ2n) is 6.70. The fourth-order valence-electron chi connectivity index (χ4n) is 3.03. The van der Waals surface area contributed by atoms with E-state index in [0.29, 0.717) is 30.0 Å². The number of rotatable bonds is 8. The van der Waals surface area contributed by atoms with Crippen LogP contribution in [0.4, 0.5) is 5.69 Å². The zero-order valence-corrected chi connectivity index (χ0v) is 15.8. The van der Waals surface area contributed by atoms with Crippen LogP contribution < -0.4 is 9.64 Å². The van der Waals surface area contributed by atoms with Gasteiger partial charge in [0.15, 0.2) is 12.4 Å². The van der Waals surface area contributed by atoms with E-state index in [2.05, 4.69) is 0 Å². The lowest BCUT2D eigenvalue weighted by molar-refractivity contribution is -0.143. The van der Waals surface area contributed by atoms with E-state index in [1.807, 2.05) is 31.2 Å². The van der Waals surface area contributed by atoms with Gasteiger partial charge in [-0.15, -0.1) is 0 Å². The topological polar surface area (TPSA) is 72.9 Å². The lowest BCUT2D eigenvalue weighted by Gasteiger charge is -2.16. The number of Topliss-reactive ketones (excluding diaryl/α,β-unsaturated/α-hetero) is 1. The number of aryl methyl sites for hydroxylation is 1. The summed E-state index contributed by atoms with van der Waals surface area (Å²) in [6, 6.07) is 14.4. The van der Waals surface area contributed by atoms with Crippen LogP contribution in [0.5, 0.6) is 5.75 Å². The minimum atomic E-state index is -0.494. The average Bonchev–Trinajstić information content (AvgIpc) is 3.12. The van der Waals surface area contributed by atoms with Crippen LogP contribution in [0.25, 0.3) is 0 Å². The molecule has 2 aromatic rings. The first-order valence-corrected chi connectivity index (χ1v) is 9.31. The van der Waals surface area contributed by atoms with Crippen molar-refractivity contribution < 1.29 is 23.9 Å². The molecule has 0 radical (unpaired) electrons. The van der Waals surface area contributed by atoms with Crippen molar-refractivity contribution in [2.24, 2.45) is 0 Å². The summed E-state index contributed by atoms with van der Waals surface area (Å²) < 4.78 is 10.6. The van der Waals surface area contributed by atoms with Gasteiger partial charge in [0, 0.05) is 24.2 Å². The summed E-state index contributed by atoms with van der Waals surface area (Å²) in [6.45, 7) is 2.47. The number of carbonyl (C=O) groups excluding carboxylic acids is 3. The van der Waals surface area contributed by atoms with Gasteiger partial charge in [0.25, 0.3) is 0 Å². The van der Waals surface area contributed by atoms with Crippen LogP contribution in [-0.2, 0) is 14.3 Å². The molecule has 2 aromatic carbocycles. The predicted molar refractivity (Wildman–Crippen MR) is 105 cm³/mol. The van der Waals surface area contributed by atoms with Gasteiger partial charge < -0.3 is 14.4 Å². The number of benzene rings is 2. The van der Waals surface area contributed by atoms with Crippen molar-refractivity contribution in [1.82, 2.24) is 0 Å². The first-order valence-electron chi connectivity index (χ1n) is 9.31. The molecule has 0 aromatic heterocycles. The van der Waals surface area contributed by atoms with E-state index in [-0.39, 0.29) is 31.3 Å². The van der Waals surface area contributed by atoms with Crippen LogP contribution in [0, 0.1) is 6.92 Å². The molecule has 146 valence electrons. The van der Waals surface area contributed by atoms with Crippen molar-refractivity contribution in [3.63, 3.8) is 0 Å². The first kappa shape index (κ1) is 19.6. The molecule has 1 heterocycles. The summed E-state index contributed by atoms with van der Waals surface area (Å²) in [6.07, 6.45) is 1.41. The number of anilines is 1. The van der Waals surface area contributed by atoms with Crippen LogP contribution in [0.15, 0.2) is 48.5 Å². The molecule has 28 heavy (non-hydrogen) atoms. The first-order chi connectivity index (χ1) is 13.5. The van der Waals surface area contributed by atoms with E-state index in [1.54, 1.807) is 29.2 Å². The second-order valence-corrected chi connectivity index (χ2v) is 6.70. The van der Waals surface area contributed by atoms with Crippen LogP contribution in [-0.4, -0.2) is 37.4 Å². The minimum absolute atomic E-state index is 0.0591. The van der Waals surface area contributed by atoms with Gasteiger partial charge in [-0.25, -0.2) is 0 Å². The number of nitrogens with zero attached hydrogens (tertiary/aromatic N) is 1. The molecule has 0 atom stereocenters. The standard InChI is InChI=1S/C22H23NO5/c1-16-5-2-8-19(13-16)27-12-10-22(26)28-15-20(24)17-6-3-7-18(14-17)23-11-4-9-21(23)25/h2-3,5-8,13-14H,4,9-12,15H2,1H3. The Morgan fingerprint density at radius 2 is 1.93 bits per heavy atom. The van der Waals surface area contributed by atoms with E-state index in [9.17, 15) is 14.4 Å². The van der Waals surface area contributed by atoms with Crippen molar-refractivity contribution in [1.29, 1.82) is 0 Å². The predicted octanol–water partition coefficient (Wildman–Crippen LogP) is 3.32. The molecule has 1 amide bonds. The molecule has 0 unspecified atom stereocenters. The molecule has 1 saturated heterocycles. The Hall–Kier alpha value is -3.15. The van der Waals surface area contributed by atoms with Crippen molar-refractivity contribution in [3.05, 3.63) is 59.7 Å². The maximum atomic E-state index is 12.3. The second kappa shape index (κ2) is 9.17. The maximum Gasteiger partial charge on any atom is 0.309 e. The largest absolute Gasteiger partial charge is 0.493 e. The van der Waals surface area contributed by atoms with Crippen LogP contribution in [0.3, 0.4) is 0 Å². The van der Waals surface area contributed by atoms with E-state index in [1.165, 1.54) is 0 Å². The summed E-state index contributed by atoms with van der Waals surface area (Å²) in [5.41, 5.74) is 2.19. The summed E-state index contributed by atoms with van der Waals surface area (Å²) in [5.74, 6) is -0.0462. The van der Waals surface area contributed by atoms with Crippen LogP contribution in [0.2, 0.25) is 0 Å². The van der Waals surface area contributed by atoms with Crippen molar-refractivity contribution >= 4 is 23.3 Å². The van der Waals surface area contributed by atoms with Crippen molar-refractivity contribution in [3.8, 4) is 5.75 Å². The maximum absolute atomic E-state index is 12.3. The molecule has 0 bridgehead atoms.